The van der Waals surface area contributed by atoms with Crippen LogP contribution >= 0.6 is 0 Å². The molecule has 10 heteroatoms. The van der Waals surface area contributed by atoms with E-state index in [0.29, 0.717) is 63.0 Å². The van der Waals surface area contributed by atoms with Crippen LogP contribution < -0.4 is 10.3 Å². The van der Waals surface area contributed by atoms with Crippen molar-refractivity contribution in [3.63, 3.8) is 0 Å². The lowest BCUT2D eigenvalue weighted by Crippen LogP contribution is -2.28. The van der Waals surface area contributed by atoms with E-state index in [2.05, 4.69) is 0 Å². The minimum absolute atomic E-state index is 0.00328. The van der Waals surface area contributed by atoms with Gasteiger partial charge in [0.2, 0.25) is 0 Å². The second kappa shape index (κ2) is 11.0. The van der Waals surface area contributed by atoms with Crippen molar-refractivity contribution in [3.8, 4) is 16.9 Å². The van der Waals surface area contributed by atoms with Crippen molar-refractivity contribution in [2.24, 2.45) is 0 Å². The Morgan fingerprint density at radius 1 is 1.07 bits per heavy atom. The summed E-state index contributed by atoms with van der Waals surface area (Å²) < 4.78 is 53.2. The molecule has 0 amide bonds. The maximum Gasteiger partial charge on any atom is 0.416 e. The molecule has 1 N–H and O–H groups in total. The molecule has 0 saturated heterocycles. The summed E-state index contributed by atoms with van der Waals surface area (Å²) in [7, 11) is 0. The lowest BCUT2D eigenvalue weighted by atomic mass is 9.86. The summed E-state index contributed by atoms with van der Waals surface area (Å²) in [5.41, 5.74) is 2.91. The third kappa shape index (κ3) is 5.66. The number of hydrogen-bond acceptors (Lipinski definition) is 5. The number of aryl methyl sites for hydroxylation is 1. The first-order valence-corrected chi connectivity index (χ1v) is 14.5. The standard InChI is InChI=1S/C35H31F3N2O5/c1-19-17-25-23(10-12-27(41)40(25)18-20-5-7-22(8-6-20)35(36,37)38)30(28(19)32(33(42)43)45-34(2,3)4)24-9-11-26-29-21(14-16-44-26)13-15-39-31(24)29/h5-13,15,17,32H,14,16,18H2,1-4H3,(H,42,43)/t32-/m0/s1. The van der Waals surface area contributed by atoms with Crippen LogP contribution in [0.25, 0.3) is 32.9 Å². The molecule has 3 heterocycles. The largest absolute Gasteiger partial charge is 0.493 e. The molecule has 0 radical (unpaired) electrons. The first-order chi connectivity index (χ1) is 21.2. The minimum Gasteiger partial charge on any atom is -0.493 e. The topological polar surface area (TPSA) is 90.7 Å². The van der Waals surface area contributed by atoms with Gasteiger partial charge in [0, 0.05) is 40.6 Å². The summed E-state index contributed by atoms with van der Waals surface area (Å²) in [4.78, 5) is 30.9. The number of benzene rings is 3. The highest BCUT2D eigenvalue weighted by molar-refractivity contribution is 6.08. The van der Waals surface area contributed by atoms with E-state index < -0.39 is 29.4 Å². The van der Waals surface area contributed by atoms with Crippen LogP contribution in [0.4, 0.5) is 13.2 Å². The Labute approximate surface area is 256 Å². The molecule has 0 saturated carbocycles. The highest BCUT2D eigenvalue weighted by Crippen LogP contribution is 2.45. The van der Waals surface area contributed by atoms with Gasteiger partial charge in [-0.05, 0) is 92.4 Å². The molecule has 7 nitrogen and oxygen atoms in total. The predicted octanol–water partition coefficient (Wildman–Crippen LogP) is 7.47. The normalized spacial score (nSPS) is 14.0. The van der Waals surface area contributed by atoms with Crippen molar-refractivity contribution < 1.29 is 32.5 Å². The van der Waals surface area contributed by atoms with Gasteiger partial charge in [0.05, 0.1) is 35.3 Å². The lowest BCUT2D eigenvalue weighted by molar-refractivity contribution is -0.160. The second-order valence-electron chi connectivity index (χ2n) is 12.2. The zero-order valence-corrected chi connectivity index (χ0v) is 25.2. The smallest absolute Gasteiger partial charge is 0.416 e. The Balaban J connectivity index is 1.66. The fourth-order valence-corrected chi connectivity index (χ4v) is 6.05. The molecule has 0 unspecified atom stereocenters. The van der Waals surface area contributed by atoms with Gasteiger partial charge in [-0.1, -0.05) is 12.1 Å². The van der Waals surface area contributed by atoms with Crippen molar-refractivity contribution in [1.82, 2.24) is 9.55 Å². The van der Waals surface area contributed by atoms with Crippen molar-refractivity contribution in [2.45, 2.75) is 58.5 Å². The number of rotatable bonds is 6. The SMILES string of the molecule is Cc1cc2c(ccc(=O)n2Cc2ccc(C(F)(F)F)cc2)c(-c2ccc3c4c(ccnc24)CCO3)c1[C@H](OC(C)(C)C)C(=O)O. The molecule has 0 fully saturated rings. The molecule has 1 atom stereocenters. The summed E-state index contributed by atoms with van der Waals surface area (Å²) >= 11 is 0. The number of carboxylic acids is 1. The highest BCUT2D eigenvalue weighted by atomic mass is 19.4. The number of nitrogens with zero attached hydrogens (tertiary/aromatic N) is 2. The van der Waals surface area contributed by atoms with E-state index in [4.69, 9.17) is 14.5 Å². The van der Waals surface area contributed by atoms with Gasteiger partial charge in [-0.25, -0.2) is 4.79 Å². The number of fused-ring (bicyclic) bond motifs is 1. The third-order valence-electron chi connectivity index (χ3n) is 7.96. The lowest BCUT2D eigenvalue weighted by Gasteiger charge is -2.29. The fourth-order valence-electron chi connectivity index (χ4n) is 6.05. The number of aliphatic carboxylic acids is 1. The molecule has 1 aliphatic rings. The maximum absolute atomic E-state index is 13.3. The molecule has 6 rings (SSSR count). The number of ether oxygens (including phenoxy) is 2. The maximum atomic E-state index is 13.3. The van der Waals surface area contributed by atoms with Crippen LogP contribution in [-0.2, 0) is 28.7 Å². The summed E-state index contributed by atoms with van der Waals surface area (Å²) in [5.74, 6) is -0.493. The van der Waals surface area contributed by atoms with Gasteiger partial charge in [-0.2, -0.15) is 13.2 Å². The minimum atomic E-state index is -4.48. The van der Waals surface area contributed by atoms with E-state index in [1.54, 1.807) is 46.0 Å². The van der Waals surface area contributed by atoms with Gasteiger partial charge in [-0.3, -0.25) is 9.78 Å². The number of pyridine rings is 2. The van der Waals surface area contributed by atoms with Crippen LogP contribution in [-0.4, -0.2) is 32.8 Å². The first-order valence-electron chi connectivity index (χ1n) is 14.5. The summed E-state index contributed by atoms with van der Waals surface area (Å²) in [6.45, 7) is 7.64. The number of hydrogen-bond donors (Lipinski definition) is 1. The van der Waals surface area contributed by atoms with Gasteiger partial charge in [0.25, 0.3) is 5.56 Å². The molecule has 0 aliphatic carbocycles. The van der Waals surface area contributed by atoms with Crippen LogP contribution in [0.1, 0.15) is 54.7 Å². The molecule has 232 valence electrons. The van der Waals surface area contributed by atoms with Gasteiger partial charge in [0.1, 0.15) is 5.75 Å². The Kier molecular flexibility index (Phi) is 7.43. The number of halogens is 3. The Hall–Kier alpha value is -4.70. The average Bonchev–Trinajstić information content (AvgIpc) is 2.97. The number of aromatic nitrogens is 2. The average molecular weight is 617 g/mol. The molecule has 3 aromatic carbocycles. The van der Waals surface area contributed by atoms with E-state index >= 15 is 0 Å². The quantitative estimate of drug-likeness (QED) is 0.213. The third-order valence-corrected chi connectivity index (χ3v) is 7.96. The summed E-state index contributed by atoms with van der Waals surface area (Å²) in [6, 6.07) is 15.1. The first kappa shape index (κ1) is 30.3. The van der Waals surface area contributed by atoms with E-state index in [1.165, 1.54) is 22.8 Å². The van der Waals surface area contributed by atoms with E-state index in [1.807, 2.05) is 18.2 Å². The van der Waals surface area contributed by atoms with Gasteiger partial charge >= 0.3 is 12.1 Å². The monoisotopic (exact) mass is 616 g/mol. The van der Waals surface area contributed by atoms with E-state index in [9.17, 15) is 27.9 Å². The van der Waals surface area contributed by atoms with Gasteiger partial charge < -0.3 is 19.1 Å². The number of carboxylic acid groups (broad SMARTS) is 1. The highest BCUT2D eigenvalue weighted by Gasteiger charge is 2.33. The molecular weight excluding hydrogens is 585 g/mol. The van der Waals surface area contributed by atoms with Crippen LogP contribution in [0.3, 0.4) is 0 Å². The van der Waals surface area contributed by atoms with Gasteiger partial charge in [-0.15, -0.1) is 0 Å². The molecule has 2 aromatic heterocycles. The molecule has 0 spiro atoms. The Bertz CT molecular complexity index is 2020. The predicted molar refractivity (Wildman–Crippen MR) is 165 cm³/mol. The van der Waals surface area contributed by atoms with E-state index in [-0.39, 0.29) is 12.1 Å². The molecule has 0 bridgehead atoms. The van der Waals surface area contributed by atoms with Crippen LogP contribution in [0.15, 0.2) is 71.7 Å². The second-order valence-corrected chi connectivity index (χ2v) is 12.2. The Morgan fingerprint density at radius 3 is 2.47 bits per heavy atom. The molecule has 45 heavy (non-hydrogen) atoms. The summed E-state index contributed by atoms with van der Waals surface area (Å²) in [6.07, 6.45) is -3.43. The van der Waals surface area contributed by atoms with Crippen molar-refractivity contribution in [1.29, 1.82) is 0 Å². The van der Waals surface area contributed by atoms with Crippen LogP contribution in [0.2, 0.25) is 0 Å². The zero-order valence-electron chi connectivity index (χ0n) is 25.2. The molecule has 5 aromatic rings. The van der Waals surface area contributed by atoms with Crippen molar-refractivity contribution in [3.05, 3.63) is 105 Å². The number of carbonyl (C=O) groups is 1. The van der Waals surface area contributed by atoms with E-state index in [0.717, 1.165) is 23.1 Å². The summed E-state index contributed by atoms with van der Waals surface area (Å²) in [5, 5.41) is 11.9. The Morgan fingerprint density at radius 2 is 1.80 bits per heavy atom. The fraction of sp³-hybridized carbons (Fsp3) is 0.286. The van der Waals surface area contributed by atoms with Gasteiger partial charge in [0.15, 0.2) is 6.10 Å². The molecular formula is C35H31F3N2O5. The molecule has 1 aliphatic heterocycles. The van der Waals surface area contributed by atoms with Crippen molar-refractivity contribution in [2.75, 3.05) is 6.61 Å². The van der Waals surface area contributed by atoms with Crippen LogP contribution in [0.5, 0.6) is 5.75 Å². The van der Waals surface area contributed by atoms with Crippen molar-refractivity contribution >= 4 is 27.8 Å². The zero-order chi connectivity index (χ0) is 32.3. The van der Waals surface area contributed by atoms with Crippen LogP contribution in [0, 0.1) is 6.92 Å². The number of alkyl halides is 3.